The average molecular weight is 761 g/mol. The van der Waals surface area contributed by atoms with Crippen LogP contribution in [0.1, 0.15) is 52.8 Å². The number of carboxylic acids is 4. The highest BCUT2D eigenvalue weighted by atomic mass is 16.5. The second-order valence-corrected chi connectivity index (χ2v) is 12.8. The molecule has 0 unspecified atom stereocenters. The molecule has 0 spiro atoms. The first-order valence-corrected chi connectivity index (χ1v) is 17.8. The van der Waals surface area contributed by atoms with Gasteiger partial charge in [-0.15, -0.1) is 0 Å². The number of carboxylic acid groups (broad SMARTS) is 4. The van der Waals surface area contributed by atoms with Crippen molar-refractivity contribution in [1.29, 1.82) is 0 Å². The van der Waals surface area contributed by atoms with Gasteiger partial charge in [0, 0.05) is 0 Å². The minimum Gasteiger partial charge on any atom is -0.497 e. The minimum absolute atomic E-state index is 0.333. The molecule has 12 N–H and O–H groups in total. The number of ether oxygens (including phenoxy) is 1. The van der Waals surface area contributed by atoms with Crippen molar-refractivity contribution in [2.24, 2.45) is 22.9 Å². The zero-order valence-electron chi connectivity index (χ0n) is 31.9. The first-order valence-electron chi connectivity index (χ1n) is 17.8. The molecule has 0 amide bonds. The fourth-order valence-electron chi connectivity index (χ4n) is 4.67. The van der Waals surface area contributed by atoms with Crippen LogP contribution in [0.4, 0.5) is 0 Å². The number of aliphatic carboxylic acids is 4. The molecular weight excluding hydrogens is 704 g/mol. The van der Waals surface area contributed by atoms with Crippen LogP contribution >= 0.6 is 0 Å². The van der Waals surface area contributed by atoms with Crippen molar-refractivity contribution < 1.29 is 44.3 Å². The Morgan fingerprint density at radius 1 is 0.455 bits per heavy atom. The number of methoxy groups -OCH3 is 1. The number of carbonyl (C=O) groups is 4. The number of rotatable bonds is 15. The molecule has 13 nitrogen and oxygen atoms in total. The summed E-state index contributed by atoms with van der Waals surface area (Å²) in [5, 5.41) is 34.4. The quantitative estimate of drug-likeness (QED) is 0.0853. The SMILES string of the molecule is CCc1ccc(C[C@@H](N)C(=O)O)cc1.CCc1ccc(C[C@H](N)C(=O)O)cc1.COc1ccc(C[C@H](N)C(=O)O)cc1.Cc1ccc(C[C@H](N)C(=O)O)cc1. The second-order valence-electron chi connectivity index (χ2n) is 12.8. The van der Waals surface area contributed by atoms with Crippen LogP contribution in [-0.2, 0) is 57.7 Å². The third kappa shape index (κ3) is 19.9. The standard InChI is InChI=1S/2C11H15NO2.C10H13NO3.C10H13NO2/c2*1-2-8-3-5-9(6-4-8)7-10(12)11(13)14;1-14-8-4-2-7(3-5-8)6-9(11)10(12)13;1-7-2-4-8(5-3-7)6-9(11)10(12)13/h2*3-6,10H,2,7,12H2,1H3,(H,13,14);2-5,9H,6,11H2,1H3,(H,12,13);2-5,9H,6,11H2,1H3,(H,12,13)/t2*10-;2*9-/m1000/s1. The van der Waals surface area contributed by atoms with Gasteiger partial charge in [0.1, 0.15) is 29.9 Å². The normalized spacial score (nSPS) is 12.4. The molecule has 0 bridgehead atoms. The van der Waals surface area contributed by atoms with Crippen LogP contribution in [0.5, 0.6) is 5.75 Å². The van der Waals surface area contributed by atoms with Crippen molar-refractivity contribution in [1.82, 2.24) is 0 Å². The van der Waals surface area contributed by atoms with Gasteiger partial charge in [-0.3, -0.25) is 19.2 Å². The van der Waals surface area contributed by atoms with Crippen LogP contribution in [0.15, 0.2) is 97.1 Å². The first-order chi connectivity index (χ1) is 26.0. The molecule has 298 valence electrons. The van der Waals surface area contributed by atoms with E-state index in [1.165, 1.54) is 11.1 Å². The fraction of sp³-hybridized carbons (Fsp3) is 0.333. The highest BCUT2D eigenvalue weighted by Crippen LogP contribution is 2.12. The monoisotopic (exact) mass is 760 g/mol. The summed E-state index contributed by atoms with van der Waals surface area (Å²) in [5.74, 6) is -3.10. The number of nitrogens with two attached hydrogens (primary N) is 4. The Kier molecular flexibility index (Phi) is 21.9. The molecule has 4 rings (SSSR count). The molecule has 4 aromatic rings. The van der Waals surface area contributed by atoms with Crippen LogP contribution in [0.25, 0.3) is 0 Å². The minimum atomic E-state index is -0.985. The Balaban J connectivity index is 0.000000367. The number of hydrogen-bond donors (Lipinski definition) is 8. The zero-order chi connectivity index (χ0) is 41.5. The second kappa shape index (κ2) is 25.4. The van der Waals surface area contributed by atoms with Crippen molar-refractivity contribution in [3.05, 3.63) is 136 Å². The van der Waals surface area contributed by atoms with E-state index < -0.39 is 48.0 Å². The van der Waals surface area contributed by atoms with Crippen molar-refractivity contribution in [3.8, 4) is 5.75 Å². The number of aryl methyl sites for hydroxylation is 3. The van der Waals surface area contributed by atoms with E-state index in [1.807, 2.05) is 91.9 Å². The maximum atomic E-state index is 10.5. The van der Waals surface area contributed by atoms with Crippen LogP contribution in [0.3, 0.4) is 0 Å². The summed E-state index contributed by atoms with van der Waals surface area (Å²) in [5.41, 5.74) is 29.1. The molecule has 55 heavy (non-hydrogen) atoms. The number of benzene rings is 4. The maximum Gasteiger partial charge on any atom is 0.320 e. The highest BCUT2D eigenvalue weighted by Gasteiger charge is 2.14. The van der Waals surface area contributed by atoms with Gasteiger partial charge < -0.3 is 48.1 Å². The van der Waals surface area contributed by atoms with Crippen molar-refractivity contribution in [2.75, 3.05) is 7.11 Å². The van der Waals surface area contributed by atoms with E-state index in [1.54, 1.807) is 19.2 Å². The lowest BCUT2D eigenvalue weighted by molar-refractivity contribution is -0.139. The lowest BCUT2D eigenvalue weighted by Crippen LogP contribution is -2.32. The third-order valence-electron chi connectivity index (χ3n) is 8.23. The Bertz CT molecular complexity index is 1580. The van der Waals surface area contributed by atoms with Gasteiger partial charge in [-0.05, 0) is 91.0 Å². The van der Waals surface area contributed by atoms with E-state index in [9.17, 15) is 19.2 Å². The molecule has 13 heteroatoms. The maximum absolute atomic E-state index is 10.5. The summed E-state index contributed by atoms with van der Waals surface area (Å²) in [6.45, 7) is 6.15. The predicted molar refractivity (Wildman–Crippen MR) is 213 cm³/mol. The molecule has 0 aliphatic heterocycles. The summed E-state index contributed by atoms with van der Waals surface area (Å²) < 4.78 is 4.97. The molecule has 0 fully saturated rings. The van der Waals surface area contributed by atoms with Crippen molar-refractivity contribution >= 4 is 23.9 Å². The van der Waals surface area contributed by atoms with Crippen LogP contribution in [-0.4, -0.2) is 75.6 Å². The Morgan fingerprint density at radius 3 is 0.891 bits per heavy atom. The van der Waals surface area contributed by atoms with Gasteiger partial charge >= 0.3 is 23.9 Å². The van der Waals surface area contributed by atoms with Gasteiger partial charge in [-0.1, -0.05) is 104 Å². The molecule has 0 radical (unpaired) electrons. The molecule has 0 aliphatic carbocycles. The Labute approximate surface area is 322 Å². The Morgan fingerprint density at radius 2 is 0.673 bits per heavy atom. The van der Waals surface area contributed by atoms with E-state index in [0.29, 0.717) is 25.7 Å². The van der Waals surface area contributed by atoms with Crippen molar-refractivity contribution in [2.45, 2.75) is 83.5 Å². The molecule has 0 heterocycles. The van der Waals surface area contributed by atoms with Gasteiger partial charge in [0.15, 0.2) is 0 Å². The lowest BCUT2D eigenvalue weighted by atomic mass is 10.0. The van der Waals surface area contributed by atoms with Crippen LogP contribution in [0.2, 0.25) is 0 Å². The topological polar surface area (TPSA) is 263 Å². The van der Waals surface area contributed by atoms with E-state index in [4.69, 9.17) is 48.1 Å². The van der Waals surface area contributed by atoms with E-state index in [2.05, 4.69) is 13.8 Å². The van der Waals surface area contributed by atoms with E-state index in [0.717, 1.165) is 46.4 Å². The molecule has 0 saturated heterocycles. The summed E-state index contributed by atoms with van der Waals surface area (Å²) in [7, 11) is 1.58. The van der Waals surface area contributed by atoms with Gasteiger partial charge in [-0.25, -0.2) is 0 Å². The van der Waals surface area contributed by atoms with E-state index >= 15 is 0 Å². The summed E-state index contributed by atoms with van der Waals surface area (Å²) in [4.78, 5) is 41.9. The number of hydrogen-bond acceptors (Lipinski definition) is 9. The molecule has 0 aliphatic rings. The molecule has 0 saturated carbocycles. The zero-order valence-corrected chi connectivity index (χ0v) is 31.9. The smallest absolute Gasteiger partial charge is 0.320 e. The average Bonchev–Trinajstić information content (AvgIpc) is 3.17. The van der Waals surface area contributed by atoms with E-state index in [-0.39, 0.29) is 0 Å². The van der Waals surface area contributed by atoms with Gasteiger partial charge in [0.05, 0.1) is 7.11 Å². The first kappa shape index (κ1) is 47.4. The predicted octanol–water partition coefficient (Wildman–Crippen LogP) is 4.01. The van der Waals surface area contributed by atoms with Crippen molar-refractivity contribution in [3.63, 3.8) is 0 Å². The molecular formula is C42H56N4O9. The molecule has 0 aromatic heterocycles. The fourth-order valence-corrected chi connectivity index (χ4v) is 4.67. The van der Waals surface area contributed by atoms with Gasteiger partial charge in [0.2, 0.25) is 0 Å². The summed E-state index contributed by atoms with van der Waals surface area (Å²) in [6.07, 6.45) is 3.48. The third-order valence-corrected chi connectivity index (χ3v) is 8.23. The largest absolute Gasteiger partial charge is 0.497 e. The molecule has 4 aromatic carbocycles. The van der Waals surface area contributed by atoms with Crippen LogP contribution in [0, 0.1) is 6.92 Å². The van der Waals surface area contributed by atoms with Gasteiger partial charge in [-0.2, -0.15) is 0 Å². The summed E-state index contributed by atoms with van der Waals surface area (Å²) >= 11 is 0. The summed E-state index contributed by atoms with van der Waals surface area (Å²) in [6, 6.07) is 27.4. The Hall–Kier alpha value is -5.60. The van der Waals surface area contributed by atoms with Crippen LogP contribution < -0.4 is 27.7 Å². The molecule has 4 atom stereocenters. The highest BCUT2D eigenvalue weighted by molar-refractivity contribution is 5.74. The lowest BCUT2D eigenvalue weighted by Gasteiger charge is -2.06. The van der Waals surface area contributed by atoms with Gasteiger partial charge in [0.25, 0.3) is 0 Å².